The molecule has 1 amide bonds. The lowest BCUT2D eigenvalue weighted by Crippen LogP contribution is -2.43. The molecule has 27 heavy (non-hydrogen) atoms. The van der Waals surface area contributed by atoms with Gasteiger partial charge in [-0.25, -0.2) is 9.59 Å². The normalized spacial score (nSPS) is 16.7. The molecule has 9 heteroatoms. The molecule has 0 spiro atoms. The number of likely N-dealkylation sites (tertiary alicyclic amines) is 1. The Labute approximate surface area is 153 Å². The summed E-state index contributed by atoms with van der Waals surface area (Å²) in [6.07, 6.45) is -4.27. The Kier molecular flexibility index (Phi) is 4.73. The van der Waals surface area contributed by atoms with E-state index in [0.29, 0.717) is 25.9 Å². The first-order chi connectivity index (χ1) is 12.5. The lowest BCUT2D eigenvalue weighted by Gasteiger charge is -2.34. The van der Waals surface area contributed by atoms with Crippen LogP contribution in [-0.4, -0.2) is 39.2 Å². The van der Waals surface area contributed by atoms with Crippen LogP contribution < -0.4 is 5.69 Å². The summed E-state index contributed by atoms with van der Waals surface area (Å²) in [5.41, 5.74) is -2.01. The monoisotopic (exact) mass is 385 g/mol. The van der Waals surface area contributed by atoms with Gasteiger partial charge in [0.05, 0.1) is 16.6 Å². The minimum absolute atomic E-state index is 0.134. The number of halogens is 3. The summed E-state index contributed by atoms with van der Waals surface area (Å²) < 4.78 is 46.7. The number of hydrogen-bond donors (Lipinski definition) is 1. The van der Waals surface area contributed by atoms with Crippen LogP contribution in [0, 0.1) is 0 Å². The number of nitrogens with one attached hydrogen (secondary N) is 1. The van der Waals surface area contributed by atoms with Crippen molar-refractivity contribution in [2.24, 2.45) is 0 Å². The first-order valence-electron chi connectivity index (χ1n) is 8.76. The Morgan fingerprint density at radius 2 is 1.81 bits per heavy atom. The molecule has 0 radical (unpaired) electrons. The van der Waals surface area contributed by atoms with E-state index in [-0.39, 0.29) is 11.0 Å². The van der Waals surface area contributed by atoms with Crippen molar-refractivity contribution in [2.75, 3.05) is 13.1 Å². The number of aromatic nitrogens is 2. The number of ether oxygens (including phenoxy) is 1. The van der Waals surface area contributed by atoms with Gasteiger partial charge in [-0.1, -0.05) is 6.07 Å². The fraction of sp³-hybridized carbons (Fsp3) is 0.556. The molecule has 3 rings (SSSR count). The molecule has 1 fully saturated rings. The highest BCUT2D eigenvalue weighted by atomic mass is 19.4. The molecule has 1 saturated heterocycles. The average Bonchev–Trinajstić information content (AvgIpc) is 2.88. The van der Waals surface area contributed by atoms with Gasteiger partial charge in [0.25, 0.3) is 0 Å². The number of carbonyl (C=O) groups excluding carboxylic acids is 1. The maximum atomic E-state index is 13.4. The maximum absolute atomic E-state index is 13.4. The third kappa shape index (κ3) is 3.96. The van der Waals surface area contributed by atoms with Crippen molar-refractivity contribution in [3.63, 3.8) is 0 Å². The molecular formula is C18H22F3N3O3. The second-order valence-electron chi connectivity index (χ2n) is 7.70. The Balaban J connectivity index is 1.87. The summed E-state index contributed by atoms with van der Waals surface area (Å²) in [5, 5.41) is 0. The molecule has 0 bridgehead atoms. The standard InChI is InChI=1S/C18H22F3N3O3/c1-17(2,3)27-16(26)23-9-7-11(8-10-23)24-14-12(18(19,20)21)5-4-6-13(14)22-15(24)25/h4-6,11H,7-10H2,1-3H3,(H,22,25). The van der Waals surface area contributed by atoms with Crippen LogP contribution in [0.1, 0.15) is 45.2 Å². The smallest absolute Gasteiger partial charge is 0.418 e. The Hall–Kier alpha value is -2.45. The molecule has 6 nitrogen and oxygen atoms in total. The molecule has 1 aromatic heterocycles. The lowest BCUT2D eigenvalue weighted by molar-refractivity contribution is -0.136. The van der Waals surface area contributed by atoms with Crippen LogP contribution in [0.2, 0.25) is 0 Å². The SMILES string of the molecule is CC(C)(C)OC(=O)N1CCC(n2c(=O)[nH]c3cccc(C(F)(F)F)c32)CC1. The molecule has 2 aromatic rings. The Morgan fingerprint density at radius 1 is 1.19 bits per heavy atom. The molecule has 0 saturated carbocycles. The van der Waals surface area contributed by atoms with E-state index in [4.69, 9.17) is 4.74 Å². The van der Waals surface area contributed by atoms with Gasteiger partial charge in [-0.2, -0.15) is 13.2 Å². The third-order valence-electron chi connectivity index (χ3n) is 4.52. The molecule has 0 atom stereocenters. The van der Waals surface area contributed by atoms with Crippen LogP contribution in [0.25, 0.3) is 11.0 Å². The van der Waals surface area contributed by atoms with E-state index in [1.807, 2.05) is 0 Å². The quantitative estimate of drug-likeness (QED) is 0.809. The zero-order valence-electron chi connectivity index (χ0n) is 15.4. The van der Waals surface area contributed by atoms with Crippen molar-refractivity contribution < 1.29 is 22.7 Å². The highest BCUT2D eigenvalue weighted by molar-refractivity contribution is 5.79. The summed E-state index contributed by atoms with van der Waals surface area (Å²) in [4.78, 5) is 28.5. The number of piperidine rings is 1. The molecule has 0 unspecified atom stereocenters. The molecule has 148 valence electrons. The molecule has 1 aromatic carbocycles. The molecule has 1 aliphatic heterocycles. The van der Waals surface area contributed by atoms with Gasteiger partial charge in [-0.15, -0.1) is 0 Å². The third-order valence-corrected chi connectivity index (χ3v) is 4.52. The van der Waals surface area contributed by atoms with Crippen LogP contribution in [0.15, 0.2) is 23.0 Å². The van der Waals surface area contributed by atoms with Gasteiger partial charge in [-0.3, -0.25) is 4.57 Å². The van der Waals surface area contributed by atoms with E-state index in [2.05, 4.69) is 4.98 Å². The number of H-pyrrole nitrogens is 1. The zero-order chi connectivity index (χ0) is 20.0. The van der Waals surface area contributed by atoms with Gasteiger partial charge in [-0.05, 0) is 45.7 Å². The van der Waals surface area contributed by atoms with Crippen molar-refractivity contribution in [2.45, 2.75) is 51.4 Å². The topological polar surface area (TPSA) is 67.3 Å². The van der Waals surface area contributed by atoms with Gasteiger partial charge >= 0.3 is 18.0 Å². The number of aromatic amines is 1. The lowest BCUT2D eigenvalue weighted by atomic mass is 10.0. The number of rotatable bonds is 1. The zero-order valence-corrected chi connectivity index (χ0v) is 15.4. The first kappa shape index (κ1) is 19.3. The summed E-state index contributed by atoms with van der Waals surface area (Å²) in [5.74, 6) is 0. The van der Waals surface area contributed by atoms with Crippen molar-refractivity contribution in [3.05, 3.63) is 34.2 Å². The minimum atomic E-state index is -4.56. The first-order valence-corrected chi connectivity index (χ1v) is 8.76. The predicted molar refractivity (Wildman–Crippen MR) is 93.6 cm³/mol. The summed E-state index contributed by atoms with van der Waals surface area (Å²) >= 11 is 0. The van der Waals surface area contributed by atoms with Crippen LogP contribution in [0.3, 0.4) is 0 Å². The number of carbonyl (C=O) groups is 1. The number of benzene rings is 1. The molecule has 2 heterocycles. The van der Waals surface area contributed by atoms with Crippen LogP contribution in [0.5, 0.6) is 0 Å². The van der Waals surface area contributed by atoms with Crippen molar-refractivity contribution in [3.8, 4) is 0 Å². The minimum Gasteiger partial charge on any atom is -0.444 e. The number of amides is 1. The van der Waals surface area contributed by atoms with E-state index < -0.39 is 35.2 Å². The van der Waals surface area contributed by atoms with Gasteiger partial charge in [0.2, 0.25) is 0 Å². The number of para-hydroxylation sites is 1. The second-order valence-corrected chi connectivity index (χ2v) is 7.70. The largest absolute Gasteiger partial charge is 0.444 e. The van der Waals surface area contributed by atoms with Crippen LogP contribution in [0.4, 0.5) is 18.0 Å². The number of alkyl halides is 3. The van der Waals surface area contributed by atoms with Crippen LogP contribution >= 0.6 is 0 Å². The van der Waals surface area contributed by atoms with Gasteiger partial charge < -0.3 is 14.6 Å². The summed E-state index contributed by atoms with van der Waals surface area (Å²) in [7, 11) is 0. The maximum Gasteiger partial charge on any atom is 0.418 e. The molecule has 1 N–H and O–H groups in total. The van der Waals surface area contributed by atoms with Crippen LogP contribution in [-0.2, 0) is 10.9 Å². The number of hydrogen-bond acceptors (Lipinski definition) is 3. The fourth-order valence-corrected chi connectivity index (χ4v) is 3.39. The van der Waals surface area contributed by atoms with Crippen molar-refractivity contribution >= 4 is 17.1 Å². The van der Waals surface area contributed by atoms with Crippen molar-refractivity contribution in [1.29, 1.82) is 0 Å². The van der Waals surface area contributed by atoms with Gasteiger partial charge in [0, 0.05) is 19.1 Å². The van der Waals surface area contributed by atoms with Crippen molar-refractivity contribution in [1.82, 2.24) is 14.5 Å². The second kappa shape index (κ2) is 6.61. The highest BCUT2D eigenvalue weighted by Crippen LogP contribution is 2.36. The summed E-state index contributed by atoms with van der Waals surface area (Å²) in [6, 6.07) is 3.28. The predicted octanol–water partition coefficient (Wildman–Crippen LogP) is 3.92. The number of fused-ring (bicyclic) bond motifs is 1. The Bertz CT molecular complexity index is 900. The Morgan fingerprint density at radius 3 is 2.37 bits per heavy atom. The van der Waals surface area contributed by atoms with E-state index in [9.17, 15) is 22.8 Å². The average molecular weight is 385 g/mol. The molecular weight excluding hydrogens is 363 g/mol. The fourth-order valence-electron chi connectivity index (χ4n) is 3.39. The summed E-state index contributed by atoms with van der Waals surface area (Å²) in [6.45, 7) is 5.92. The van der Waals surface area contributed by atoms with E-state index in [1.165, 1.54) is 21.6 Å². The van der Waals surface area contributed by atoms with E-state index >= 15 is 0 Å². The molecule has 1 aliphatic rings. The van der Waals surface area contributed by atoms with E-state index in [0.717, 1.165) is 6.07 Å². The molecule has 0 aliphatic carbocycles. The number of imidazole rings is 1. The van der Waals surface area contributed by atoms with Gasteiger partial charge in [0.15, 0.2) is 0 Å². The highest BCUT2D eigenvalue weighted by Gasteiger charge is 2.36. The van der Waals surface area contributed by atoms with E-state index in [1.54, 1.807) is 20.8 Å². The van der Waals surface area contributed by atoms with Gasteiger partial charge in [0.1, 0.15) is 5.60 Å². The number of nitrogens with zero attached hydrogens (tertiary/aromatic N) is 2.